The number of para-hydroxylation sites is 1. The van der Waals surface area contributed by atoms with Gasteiger partial charge in [-0.1, -0.05) is 38.1 Å². The number of hydrogen-bond acceptors (Lipinski definition) is 3. The minimum absolute atomic E-state index is 0.426. The molecule has 116 valence electrons. The van der Waals surface area contributed by atoms with Crippen molar-refractivity contribution in [3.05, 3.63) is 54.2 Å². The van der Waals surface area contributed by atoms with Crippen molar-refractivity contribution in [3.63, 3.8) is 0 Å². The molecule has 0 aliphatic carbocycles. The third-order valence-electron chi connectivity index (χ3n) is 4.08. The molecule has 0 bridgehead atoms. The van der Waals surface area contributed by atoms with Gasteiger partial charge in [0.25, 0.3) is 0 Å². The summed E-state index contributed by atoms with van der Waals surface area (Å²) in [6.07, 6.45) is 4.24. The van der Waals surface area contributed by atoms with Crippen molar-refractivity contribution in [3.8, 4) is 11.6 Å². The predicted octanol–water partition coefficient (Wildman–Crippen LogP) is 4.67. The molecule has 1 saturated heterocycles. The van der Waals surface area contributed by atoms with Crippen molar-refractivity contribution in [2.75, 3.05) is 13.1 Å². The summed E-state index contributed by atoms with van der Waals surface area (Å²) in [5.41, 5.74) is 1.21. The van der Waals surface area contributed by atoms with E-state index in [2.05, 4.69) is 29.8 Å². The molecule has 1 fully saturated rings. The summed E-state index contributed by atoms with van der Waals surface area (Å²) in [7, 11) is 0. The second kappa shape index (κ2) is 6.93. The first kappa shape index (κ1) is 15.0. The summed E-state index contributed by atoms with van der Waals surface area (Å²) >= 11 is 0. The summed E-state index contributed by atoms with van der Waals surface area (Å²) in [6, 6.07) is 14.5. The number of hydrogen-bond donors (Lipinski definition) is 0. The van der Waals surface area contributed by atoms with Crippen LogP contribution in [0.1, 0.15) is 38.3 Å². The second-order valence-electron chi connectivity index (χ2n) is 6.36. The van der Waals surface area contributed by atoms with E-state index < -0.39 is 0 Å². The minimum atomic E-state index is 0.426. The van der Waals surface area contributed by atoms with Crippen LogP contribution in [0.25, 0.3) is 0 Å². The average molecular weight is 296 g/mol. The molecule has 0 N–H and O–H groups in total. The van der Waals surface area contributed by atoms with Crippen molar-refractivity contribution < 1.29 is 4.74 Å². The molecular weight excluding hydrogens is 272 g/mol. The van der Waals surface area contributed by atoms with E-state index in [1.807, 2.05) is 42.6 Å². The van der Waals surface area contributed by atoms with E-state index in [9.17, 15) is 0 Å². The van der Waals surface area contributed by atoms with Gasteiger partial charge in [0.1, 0.15) is 5.75 Å². The quantitative estimate of drug-likeness (QED) is 0.802. The topological polar surface area (TPSA) is 25.4 Å². The van der Waals surface area contributed by atoms with Gasteiger partial charge in [0.15, 0.2) is 0 Å². The maximum Gasteiger partial charge on any atom is 0.223 e. The van der Waals surface area contributed by atoms with E-state index in [1.165, 1.54) is 24.9 Å². The van der Waals surface area contributed by atoms with Crippen molar-refractivity contribution >= 4 is 0 Å². The summed E-state index contributed by atoms with van der Waals surface area (Å²) in [6.45, 7) is 6.85. The number of nitrogens with zero attached hydrogens (tertiary/aromatic N) is 2. The smallest absolute Gasteiger partial charge is 0.223 e. The number of likely N-dealkylation sites (tertiary alicyclic amines) is 1. The van der Waals surface area contributed by atoms with Crippen molar-refractivity contribution in [1.82, 2.24) is 9.88 Å². The summed E-state index contributed by atoms with van der Waals surface area (Å²) < 4.78 is 6.04. The Bertz CT molecular complexity index is 597. The molecule has 3 nitrogen and oxygen atoms in total. The molecule has 1 atom stereocenters. The fourth-order valence-corrected chi connectivity index (χ4v) is 3.21. The second-order valence-corrected chi connectivity index (χ2v) is 6.36. The number of benzene rings is 1. The Hall–Kier alpha value is -1.87. The number of pyridine rings is 1. The molecule has 3 heteroatoms. The van der Waals surface area contributed by atoms with E-state index in [0.29, 0.717) is 12.0 Å². The number of ether oxygens (including phenoxy) is 1. The van der Waals surface area contributed by atoms with Gasteiger partial charge in [0.05, 0.1) is 0 Å². The van der Waals surface area contributed by atoms with E-state index in [0.717, 1.165) is 18.2 Å². The fourth-order valence-electron chi connectivity index (χ4n) is 3.21. The Morgan fingerprint density at radius 2 is 2.00 bits per heavy atom. The van der Waals surface area contributed by atoms with Crippen LogP contribution in [-0.2, 0) is 0 Å². The van der Waals surface area contributed by atoms with Gasteiger partial charge in [0, 0.05) is 24.3 Å². The molecule has 22 heavy (non-hydrogen) atoms. The highest BCUT2D eigenvalue weighted by Crippen LogP contribution is 2.37. The summed E-state index contributed by atoms with van der Waals surface area (Å²) in [4.78, 5) is 7.05. The normalized spacial score (nSPS) is 18.8. The van der Waals surface area contributed by atoms with Crippen LogP contribution in [0, 0.1) is 5.92 Å². The molecule has 0 spiro atoms. The van der Waals surface area contributed by atoms with Gasteiger partial charge < -0.3 is 4.74 Å². The first-order chi connectivity index (χ1) is 10.7. The van der Waals surface area contributed by atoms with Gasteiger partial charge >= 0.3 is 0 Å². The lowest BCUT2D eigenvalue weighted by Gasteiger charge is -2.27. The molecule has 1 aliphatic heterocycles. The zero-order chi connectivity index (χ0) is 15.4. The first-order valence-electron chi connectivity index (χ1n) is 8.16. The fraction of sp³-hybridized carbons (Fsp3) is 0.421. The van der Waals surface area contributed by atoms with Crippen LogP contribution < -0.4 is 4.74 Å². The van der Waals surface area contributed by atoms with E-state index in [-0.39, 0.29) is 0 Å². The maximum atomic E-state index is 6.04. The van der Waals surface area contributed by atoms with Crippen LogP contribution in [0.3, 0.4) is 0 Å². The van der Waals surface area contributed by atoms with Crippen LogP contribution in [0.2, 0.25) is 0 Å². The molecular formula is C19H24N2O. The molecule has 0 amide bonds. The highest BCUT2D eigenvalue weighted by atomic mass is 16.5. The molecule has 1 aliphatic rings. The van der Waals surface area contributed by atoms with Gasteiger partial charge in [-0.15, -0.1) is 0 Å². The third-order valence-corrected chi connectivity index (χ3v) is 4.08. The Labute approximate surface area is 132 Å². The predicted molar refractivity (Wildman–Crippen MR) is 89.1 cm³/mol. The highest BCUT2D eigenvalue weighted by Gasteiger charge is 2.29. The standard InChI is InChI=1S/C19H24N2O/c1-15(2)14-21-13-7-11-18(21)17-10-6-12-20-19(17)22-16-8-4-3-5-9-16/h3-6,8-10,12,15,18H,7,11,13-14H2,1-2H3/t18-/m1/s1. The molecule has 1 aromatic heterocycles. The summed E-state index contributed by atoms with van der Waals surface area (Å²) in [5, 5.41) is 0. The number of rotatable bonds is 5. The summed E-state index contributed by atoms with van der Waals surface area (Å²) in [5.74, 6) is 2.26. The molecule has 3 rings (SSSR count). The van der Waals surface area contributed by atoms with Crippen molar-refractivity contribution in [2.24, 2.45) is 5.92 Å². The number of aromatic nitrogens is 1. The van der Waals surface area contributed by atoms with Crippen molar-refractivity contribution in [2.45, 2.75) is 32.7 Å². The minimum Gasteiger partial charge on any atom is -0.439 e. The first-order valence-corrected chi connectivity index (χ1v) is 8.16. The zero-order valence-electron chi connectivity index (χ0n) is 13.4. The third kappa shape index (κ3) is 3.47. The zero-order valence-corrected chi connectivity index (χ0v) is 13.4. The SMILES string of the molecule is CC(C)CN1CCC[C@@H]1c1cccnc1Oc1ccccc1. The van der Waals surface area contributed by atoms with Crippen LogP contribution in [0.4, 0.5) is 0 Å². The van der Waals surface area contributed by atoms with Gasteiger partial charge in [-0.25, -0.2) is 4.98 Å². The average Bonchev–Trinajstić information content (AvgIpc) is 2.96. The maximum absolute atomic E-state index is 6.04. The van der Waals surface area contributed by atoms with Gasteiger partial charge in [-0.3, -0.25) is 4.90 Å². The molecule has 1 aromatic carbocycles. The molecule has 0 saturated carbocycles. The van der Waals surface area contributed by atoms with Crippen molar-refractivity contribution in [1.29, 1.82) is 0 Å². The highest BCUT2D eigenvalue weighted by molar-refractivity contribution is 5.34. The Kier molecular flexibility index (Phi) is 4.74. The molecule has 2 heterocycles. The van der Waals surface area contributed by atoms with E-state index in [1.54, 1.807) is 0 Å². The van der Waals surface area contributed by atoms with E-state index in [4.69, 9.17) is 4.74 Å². The van der Waals surface area contributed by atoms with Crippen LogP contribution in [0.5, 0.6) is 11.6 Å². The van der Waals surface area contributed by atoms with E-state index >= 15 is 0 Å². The van der Waals surface area contributed by atoms with Crippen LogP contribution in [-0.4, -0.2) is 23.0 Å². The lowest BCUT2D eigenvalue weighted by molar-refractivity contribution is 0.225. The molecule has 2 aromatic rings. The monoisotopic (exact) mass is 296 g/mol. The van der Waals surface area contributed by atoms with Crippen LogP contribution in [0.15, 0.2) is 48.7 Å². The Morgan fingerprint density at radius 3 is 2.77 bits per heavy atom. The lowest BCUT2D eigenvalue weighted by atomic mass is 10.1. The van der Waals surface area contributed by atoms with Gasteiger partial charge in [-0.05, 0) is 43.5 Å². The molecule has 0 radical (unpaired) electrons. The molecule has 0 unspecified atom stereocenters. The largest absolute Gasteiger partial charge is 0.439 e. The Morgan fingerprint density at radius 1 is 1.18 bits per heavy atom. The lowest BCUT2D eigenvalue weighted by Crippen LogP contribution is -2.27. The Balaban J connectivity index is 1.84. The van der Waals surface area contributed by atoms with Gasteiger partial charge in [0.2, 0.25) is 5.88 Å². The van der Waals surface area contributed by atoms with Gasteiger partial charge in [-0.2, -0.15) is 0 Å². The van der Waals surface area contributed by atoms with Crippen LogP contribution >= 0.6 is 0 Å².